The second kappa shape index (κ2) is 6.43. The topological polar surface area (TPSA) is 54.5 Å². The van der Waals surface area contributed by atoms with Crippen LogP contribution in [0.3, 0.4) is 0 Å². The summed E-state index contributed by atoms with van der Waals surface area (Å²) >= 11 is 0. The van der Waals surface area contributed by atoms with Gasteiger partial charge in [0.05, 0.1) is 0 Å². The average molecular weight is 291 g/mol. The zero-order chi connectivity index (χ0) is 15.5. The molecule has 0 aromatic carbocycles. The van der Waals surface area contributed by atoms with Gasteiger partial charge in [-0.1, -0.05) is 12.5 Å². The zero-order valence-corrected chi connectivity index (χ0v) is 13.3. The molecule has 1 unspecified atom stereocenters. The molecule has 0 saturated carbocycles. The lowest BCUT2D eigenvalue weighted by Gasteiger charge is -2.32. The van der Waals surface area contributed by atoms with Gasteiger partial charge in [-0.3, -0.25) is 10.2 Å². The number of amides is 1. The fraction of sp³-hybridized carbons (Fsp3) is 0.625. The van der Waals surface area contributed by atoms with Crippen molar-refractivity contribution in [2.45, 2.75) is 51.7 Å². The molecule has 2 heterocycles. The van der Waals surface area contributed by atoms with E-state index in [1.807, 2.05) is 39.1 Å². The minimum Gasteiger partial charge on any atom is -0.444 e. The maximum absolute atomic E-state index is 11.7. The summed E-state index contributed by atoms with van der Waals surface area (Å²) in [5.41, 5.74) is 0.696. The van der Waals surface area contributed by atoms with E-state index in [1.54, 1.807) is 0 Å². The van der Waals surface area contributed by atoms with Gasteiger partial charge in [-0.15, -0.1) is 0 Å². The van der Waals surface area contributed by atoms with E-state index < -0.39 is 11.7 Å². The summed E-state index contributed by atoms with van der Waals surface area (Å²) in [5.74, 6) is 0.520. The fourth-order valence-electron chi connectivity index (χ4n) is 2.58. The van der Waals surface area contributed by atoms with Gasteiger partial charge in [0.25, 0.3) is 0 Å². The van der Waals surface area contributed by atoms with Gasteiger partial charge in [0, 0.05) is 12.2 Å². The average Bonchev–Trinajstić information content (AvgIpc) is 2.38. The standard InChI is InChI=1S/C16H25N3O2/c1-16(2,3)21-15(20)18-14-9-8-12(11-17-14)13-7-5-6-10-19(13)4/h8-9,11,13H,5-7,10H2,1-4H3,(H,17,18,20). The lowest BCUT2D eigenvalue weighted by Crippen LogP contribution is -2.29. The molecule has 1 saturated heterocycles. The monoisotopic (exact) mass is 291 g/mol. The maximum atomic E-state index is 11.7. The summed E-state index contributed by atoms with van der Waals surface area (Å²) in [6, 6.07) is 4.30. The first kappa shape index (κ1) is 15.8. The van der Waals surface area contributed by atoms with Gasteiger partial charge >= 0.3 is 6.09 Å². The Labute approximate surface area is 126 Å². The van der Waals surface area contributed by atoms with Crippen LogP contribution in [0.15, 0.2) is 18.3 Å². The van der Waals surface area contributed by atoms with E-state index in [9.17, 15) is 4.79 Å². The van der Waals surface area contributed by atoms with E-state index >= 15 is 0 Å². The molecule has 1 aliphatic rings. The molecule has 5 heteroatoms. The zero-order valence-electron chi connectivity index (χ0n) is 13.3. The van der Waals surface area contributed by atoms with Gasteiger partial charge < -0.3 is 4.74 Å². The Morgan fingerprint density at radius 2 is 2.14 bits per heavy atom. The van der Waals surface area contributed by atoms with Crippen molar-refractivity contribution in [3.05, 3.63) is 23.9 Å². The molecule has 2 rings (SSSR count). The quantitative estimate of drug-likeness (QED) is 0.904. The number of carbonyl (C=O) groups is 1. The van der Waals surface area contributed by atoms with E-state index in [4.69, 9.17) is 4.74 Å². The number of hydrogen-bond donors (Lipinski definition) is 1. The van der Waals surface area contributed by atoms with Crippen molar-refractivity contribution in [2.75, 3.05) is 18.9 Å². The minimum atomic E-state index is -0.505. The molecule has 0 radical (unpaired) electrons. The van der Waals surface area contributed by atoms with Gasteiger partial charge in [-0.05, 0) is 58.8 Å². The van der Waals surface area contributed by atoms with Crippen LogP contribution in [0, 0.1) is 0 Å². The molecule has 1 aromatic heterocycles. The molecular formula is C16H25N3O2. The largest absolute Gasteiger partial charge is 0.444 e. The number of anilines is 1. The predicted molar refractivity (Wildman–Crippen MR) is 83.3 cm³/mol. The first-order valence-electron chi connectivity index (χ1n) is 7.51. The van der Waals surface area contributed by atoms with Gasteiger partial charge in [-0.25, -0.2) is 9.78 Å². The van der Waals surface area contributed by atoms with Gasteiger partial charge in [0.15, 0.2) is 0 Å². The van der Waals surface area contributed by atoms with E-state index in [0.717, 1.165) is 13.0 Å². The third-order valence-electron chi connectivity index (χ3n) is 3.57. The predicted octanol–water partition coefficient (Wildman–Crippen LogP) is 3.59. The lowest BCUT2D eigenvalue weighted by atomic mass is 9.97. The van der Waals surface area contributed by atoms with Crippen molar-refractivity contribution in [1.82, 2.24) is 9.88 Å². The summed E-state index contributed by atoms with van der Waals surface area (Å²) in [5, 5.41) is 2.65. The molecule has 1 N–H and O–H groups in total. The van der Waals surface area contributed by atoms with Crippen LogP contribution in [0.1, 0.15) is 51.6 Å². The van der Waals surface area contributed by atoms with Crippen LogP contribution in [0.2, 0.25) is 0 Å². The number of pyridine rings is 1. The number of ether oxygens (including phenoxy) is 1. The highest BCUT2D eigenvalue weighted by molar-refractivity contribution is 5.83. The molecule has 116 valence electrons. The Balaban J connectivity index is 1.97. The van der Waals surface area contributed by atoms with Gasteiger partial charge in [-0.2, -0.15) is 0 Å². The molecule has 0 aliphatic carbocycles. The molecular weight excluding hydrogens is 266 g/mol. The van der Waals surface area contributed by atoms with Gasteiger partial charge in [0.1, 0.15) is 11.4 Å². The fourth-order valence-corrected chi connectivity index (χ4v) is 2.58. The highest BCUT2D eigenvalue weighted by atomic mass is 16.6. The number of carbonyl (C=O) groups excluding carboxylic acids is 1. The van der Waals surface area contributed by atoms with Crippen molar-refractivity contribution in [1.29, 1.82) is 0 Å². The Hall–Kier alpha value is -1.62. The second-order valence-electron chi connectivity index (χ2n) is 6.60. The normalized spacial score (nSPS) is 20.1. The Bertz CT molecular complexity index is 479. The molecule has 1 amide bonds. The van der Waals surface area contributed by atoms with E-state index in [1.165, 1.54) is 18.4 Å². The molecule has 0 spiro atoms. The Kier molecular flexibility index (Phi) is 4.83. The first-order valence-corrected chi connectivity index (χ1v) is 7.51. The van der Waals surface area contributed by atoms with Crippen LogP contribution in [0.4, 0.5) is 10.6 Å². The number of nitrogens with zero attached hydrogens (tertiary/aromatic N) is 2. The van der Waals surface area contributed by atoms with Crippen molar-refractivity contribution < 1.29 is 9.53 Å². The smallest absolute Gasteiger partial charge is 0.413 e. The van der Waals surface area contributed by atoms with Crippen LogP contribution in [0.5, 0.6) is 0 Å². The first-order chi connectivity index (χ1) is 9.85. The van der Waals surface area contributed by atoms with Crippen LogP contribution < -0.4 is 5.32 Å². The van der Waals surface area contributed by atoms with E-state index in [-0.39, 0.29) is 0 Å². The molecule has 0 bridgehead atoms. The second-order valence-corrected chi connectivity index (χ2v) is 6.60. The van der Waals surface area contributed by atoms with Crippen LogP contribution in [-0.2, 0) is 4.74 Å². The molecule has 1 atom stereocenters. The minimum absolute atomic E-state index is 0.432. The third-order valence-corrected chi connectivity index (χ3v) is 3.57. The van der Waals surface area contributed by atoms with Gasteiger partial charge in [0.2, 0.25) is 0 Å². The van der Waals surface area contributed by atoms with Crippen molar-refractivity contribution in [3.8, 4) is 0 Å². The third kappa shape index (κ3) is 4.70. The number of rotatable bonds is 2. The lowest BCUT2D eigenvalue weighted by molar-refractivity contribution is 0.0635. The highest BCUT2D eigenvalue weighted by Gasteiger charge is 2.21. The summed E-state index contributed by atoms with van der Waals surface area (Å²) < 4.78 is 5.21. The SMILES string of the molecule is CN1CCCCC1c1ccc(NC(=O)OC(C)(C)C)nc1. The molecule has 1 aliphatic heterocycles. The molecule has 21 heavy (non-hydrogen) atoms. The van der Waals surface area contributed by atoms with Crippen molar-refractivity contribution in [3.63, 3.8) is 0 Å². The highest BCUT2D eigenvalue weighted by Crippen LogP contribution is 2.29. The van der Waals surface area contributed by atoms with Crippen molar-refractivity contribution >= 4 is 11.9 Å². The number of hydrogen-bond acceptors (Lipinski definition) is 4. The maximum Gasteiger partial charge on any atom is 0.413 e. The summed E-state index contributed by atoms with van der Waals surface area (Å²) in [6.45, 7) is 6.63. The summed E-state index contributed by atoms with van der Waals surface area (Å²) in [4.78, 5) is 18.4. The molecule has 1 fully saturated rings. The van der Waals surface area contributed by atoms with Crippen LogP contribution >= 0.6 is 0 Å². The number of likely N-dealkylation sites (tertiary alicyclic amines) is 1. The summed E-state index contributed by atoms with van der Waals surface area (Å²) in [6.07, 6.45) is 5.06. The van der Waals surface area contributed by atoms with Crippen molar-refractivity contribution in [2.24, 2.45) is 0 Å². The van der Waals surface area contributed by atoms with E-state index in [0.29, 0.717) is 11.9 Å². The Morgan fingerprint density at radius 3 is 2.71 bits per heavy atom. The number of piperidine rings is 1. The molecule has 1 aromatic rings. The van der Waals surface area contributed by atoms with Crippen LogP contribution in [0.25, 0.3) is 0 Å². The van der Waals surface area contributed by atoms with E-state index in [2.05, 4.69) is 22.2 Å². The Morgan fingerprint density at radius 1 is 1.38 bits per heavy atom. The summed E-state index contributed by atoms with van der Waals surface area (Å²) in [7, 11) is 2.15. The number of aromatic nitrogens is 1. The molecule has 5 nitrogen and oxygen atoms in total. The number of nitrogens with one attached hydrogen (secondary N) is 1. The van der Waals surface area contributed by atoms with Crippen LogP contribution in [-0.4, -0.2) is 35.2 Å².